The zero-order valence-corrected chi connectivity index (χ0v) is 17.1. The average molecular weight is 392 g/mol. The third kappa shape index (κ3) is 4.78. The Hall–Kier alpha value is -2.82. The van der Waals surface area contributed by atoms with E-state index in [9.17, 15) is 4.79 Å². The van der Waals surface area contributed by atoms with Gasteiger partial charge in [0.05, 0.1) is 17.6 Å². The van der Waals surface area contributed by atoms with Crippen LogP contribution in [0.1, 0.15) is 37.1 Å². The fourth-order valence-electron chi connectivity index (χ4n) is 4.08. The van der Waals surface area contributed by atoms with Crippen LogP contribution in [-0.2, 0) is 17.8 Å². The Morgan fingerprint density at radius 3 is 2.69 bits per heavy atom. The lowest BCUT2D eigenvalue weighted by Gasteiger charge is -2.13. The van der Waals surface area contributed by atoms with Crippen LogP contribution in [0.3, 0.4) is 0 Å². The molecule has 152 valence electrons. The number of benzene rings is 2. The van der Waals surface area contributed by atoms with Gasteiger partial charge in [0.2, 0.25) is 5.91 Å². The lowest BCUT2D eigenvalue weighted by Crippen LogP contribution is -2.31. The lowest BCUT2D eigenvalue weighted by atomic mass is 10.1. The molecule has 1 heterocycles. The van der Waals surface area contributed by atoms with E-state index in [-0.39, 0.29) is 11.8 Å². The number of imidazole rings is 1. The standard InChI is InChI=1S/C24H29N3O2/c1-18-10-12-20(13-11-18)29-17-16-27-22-9-5-4-8-21(22)26-23(27)14-15-25-24(28)19-6-2-3-7-19/h4-5,8-13,19H,2-3,6-7,14-17H2,1H3,(H,25,28). The summed E-state index contributed by atoms with van der Waals surface area (Å²) in [5, 5.41) is 3.11. The number of nitrogens with one attached hydrogen (secondary N) is 1. The molecule has 0 radical (unpaired) electrons. The van der Waals surface area contributed by atoms with Gasteiger partial charge in [0.15, 0.2) is 0 Å². The van der Waals surface area contributed by atoms with Crippen LogP contribution in [0.4, 0.5) is 0 Å². The monoisotopic (exact) mass is 391 g/mol. The van der Waals surface area contributed by atoms with Crippen molar-refractivity contribution in [2.75, 3.05) is 13.2 Å². The molecule has 1 aromatic heterocycles. The Kier molecular flexibility index (Phi) is 6.13. The van der Waals surface area contributed by atoms with Crippen molar-refractivity contribution in [3.8, 4) is 5.75 Å². The second-order valence-electron chi connectivity index (χ2n) is 7.85. The van der Waals surface area contributed by atoms with Gasteiger partial charge < -0.3 is 14.6 Å². The Bertz CT molecular complexity index is 956. The second-order valence-corrected chi connectivity index (χ2v) is 7.85. The normalized spacial score (nSPS) is 14.4. The molecule has 5 nitrogen and oxygen atoms in total. The molecule has 0 spiro atoms. The third-order valence-electron chi connectivity index (χ3n) is 5.71. The molecule has 3 aromatic rings. The number of hydrogen-bond acceptors (Lipinski definition) is 3. The van der Waals surface area contributed by atoms with Crippen LogP contribution < -0.4 is 10.1 Å². The first-order valence-corrected chi connectivity index (χ1v) is 10.6. The summed E-state index contributed by atoms with van der Waals surface area (Å²) in [5.74, 6) is 2.28. The number of carbonyl (C=O) groups excluding carboxylic acids is 1. The fraction of sp³-hybridized carbons (Fsp3) is 0.417. The van der Waals surface area contributed by atoms with E-state index in [1.807, 2.05) is 30.3 Å². The number of aryl methyl sites for hydroxylation is 1. The molecule has 1 aliphatic carbocycles. The highest BCUT2D eigenvalue weighted by atomic mass is 16.5. The molecule has 1 fully saturated rings. The predicted molar refractivity (Wildman–Crippen MR) is 115 cm³/mol. The summed E-state index contributed by atoms with van der Waals surface area (Å²) in [4.78, 5) is 17.1. The van der Waals surface area contributed by atoms with Crippen LogP contribution in [0.25, 0.3) is 11.0 Å². The first-order valence-electron chi connectivity index (χ1n) is 10.6. The van der Waals surface area contributed by atoms with Crippen LogP contribution in [0.2, 0.25) is 0 Å². The molecule has 0 saturated heterocycles. The number of amides is 1. The largest absolute Gasteiger partial charge is 0.492 e. The summed E-state index contributed by atoms with van der Waals surface area (Å²) >= 11 is 0. The van der Waals surface area contributed by atoms with Crippen molar-refractivity contribution >= 4 is 16.9 Å². The van der Waals surface area contributed by atoms with Gasteiger partial charge in [0, 0.05) is 18.9 Å². The van der Waals surface area contributed by atoms with Crippen molar-refractivity contribution in [3.05, 3.63) is 59.9 Å². The van der Waals surface area contributed by atoms with E-state index in [0.29, 0.717) is 13.2 Å². The number of fused-ring (bicyclic) bond motifs is 1. The highest BCUT2D eigenvalue weighted by Crippen LogP contribution is 2.24. The SMILES string of the molecule is Cc1ccc(OCCn2c(CCNC(=O)C3CCCC3)nc3ccccc32)cc1. The van der Waals surface area contributed by atoms with Crippen molar-refractivity contribution < 1.29 is 9.53 Å². The van der Waals surface area contributed by atoms with Crippen LogP contribution in [0.15, 0.2) is 48.5 Å². The number of para-hydroxylation sites is 2. The minimum Gasteiger partial charge on any atom is -0.492 e. The van der Waals surface area contributed by atoms with Gasteiger partial charge in [-0.3, -0.25) is 4.79 Å². The maximum absolute atomic E-state index is 12.3. The molecule has 5 heteroatoms. The minimum atomic E-state index is 0.202. The van der Waals surface area contributed by atoms with Crippen molar-refractivity contribution in [1.29, 1.82) is 0 Å². The van der Waals surface area contributed by atoms with Crippen LogP contribution in [-0.4, -0.2) is 28.6 Å². The molecule has 0 bridgehead atoms. The van der Waals surface area contributed by atoms with Gasteiger partial charge >= 0.3 is 0 Å². The Morgan fingerprint density at radius 1 is 1.14 bits per heavy atom. The highest BCUT2D eigenvalue weighted by Gasteiger charge is 2.22. The van der Waals surface area contributed by atoms with E-state index in [0.717, 1.165) is 48.4 Å². The molecule has 1 N–H and O–H groups in total. The first kappa shape index (κ1) is 19.5. The average Bonchev–Trinajstić information content (AvgIpc) is 3.38. The van der Waals surface area contributed by atoms with Crippen LogP contribution >= 0.6 is 0 Å². The van der Waals surface area contributed by atoms with Crippen LogP contribution in [0, 0.1) is 12.8 Å². The Morgan fingerprint density at radius 2 is 1.90 bits per heavy atom. The van der Waals surface area contributed by atoms with E-state index in [2.05, 4.69) is 35.0 Å². The molecule has 0 unspecified atom stereocenters. The maximum atomic E-state index is 12.3. The minimum absolute atomic E-state index is 0.202. The summed E-state index contributed by atoms with van der Waals surface area (Å²) in [7, 11) is 0. The van der Waals surface area contributed by atoms with Gasteiger partial charge in [-0.1, -0.05) is 42.7 Å². The summed E-state index contributed by atoms with van der Waals surface area (Å²) < 4.78 is 8.14. The van der Waals surface area contributed by atoms with Crippen molar-refractivity contribution in [3.63, 3.8) is 0 Å². The molecular formula is C24H29N3O2. The summed E-state index contributed by atoms with van der Waals surface area (Å²) in [6.45, 7) is 3.99. The number of carbonyl (C=O) groups is 1. The molecular weight excluding hydrogens is 362 g/mol. The fourth-order valence-corrected chi connectivity index (χ4v) is 4.08. The van der Waals surface area contributed by atoms with Crippen molar-refractivity contribution in [2.24, 2.45) is 5.92 Å². The number of aromatic nitrogens is 2. The number of ether oxygens (including phenoxy) is 1. The van der Waals surface area contributed by atoms with Gasteiger partial charge in [0.1, 0.15) is 18.2 Å². The van der Waals surface area contributed by atoms with Crippen LogP contribution in [0.5, 0.6) is 5.75 Å². The van der Waals surface area contributed by atoms with Gasteiger partial charge in [-0.05, 0) is 44.0 Å². The summed E-state index contributed by atoms with van der Waals surface area (Å²) in [5.41, 5.74) is 3.32. The van der Waals surface area contributed by atoms with Crippen molar-refractivity contribution in [2.45, 2.75) is 45.6 Å². The summed E-state index contributed by atoms with van der Waals surface area (Å²) in [6.07, 6.45) is 5.13. The zero-order chi connectivity index (χ0) is 20.1. The molecule has 29 heavy (non-hydrogen) atoms. The molecule has 0 atom stereocenters. The van der Waals surface area contributed by atoms with E-state index < -0.39 is 0 Å². The predicted octanol–water partition coefficient (Wildman–Crippen LogP) is 4.27. The lowest BCUT2D eigenvalue weighted by molar-refractivity contribution is -0.124. The maximum Gasteiger partial charge on any atom is 0.223 e. The third-order valence-corrected chi connectivity index (χ3v) is 5.71. The van der Waals surface area contributed by atoms with Gasteiger partial charge in [-0.25, -0.2) is 4.98 Å². The quantitative estimate of drug-likeness (QED) is 0.624. The molecule has 4 rings (SSSR count). The van der Waals surface area contributed by atoms with E-state index in [4.69, 9.17) is 9.72 Å². The van der Waals surface area contributed by atoms with Crippen molar-refractivity contribution in [1.82, 2.24) is 14.9 Å². The molecule has 1 amide bonds. The van der Waals surface area contributed by atoms with E-state index in [1.54, 1.807) is 0 Å². The number of nitrogens with zero attached hydrogens (tertiary/aromatic N) is 2. The van der Waals surface area contributed by atoms with Gasteiger partial charge in [0.25, 0.3) is 0 Å². The Balaban J connectivity index is 1.39. The van der Waals surface area contributed by atoms with E-state index >= 15 is 0 Å². The van der Waals surface area contributed by atoms with Gasteiger partial charge in [-0.2, -0.15) is 0 Å². The zero-order valence-electron chi connectivity index (χ0n) is 17.1. The number of rotatable bonds is 8. The Labute approximate surface area is 172 Å². The number of hydrogen-bond donors (Lipinski definition) is 1. The van der Waals surface area contributed by atoms with Gasteiger partial charge in [-0.15, -0.1) is 0 Å². The second kappa shape index (κ2) is 9.12. The molecule has 2 aromatic carbocycles. The smallest absolute Gasteiger partial charge is 0.223 e. The molecule has 1 saturated carbocycles. The molecule has 0 aliphatic heterocycles. The van der Waals surface area contributed by atoms with E-state index in [1.165, 1.54) is 18.4 Å². The topological polar surface area (TPSA) is 56.1 Å². The summed E-state index contributed by atoms with van der Waals surface area (Å²) in [6, 6.07) is 16.3. The first-order chi connectivity index (χ1) is 14.2. The molecule has 1 aliphatic rings. The highest BCUT2D eigenvalue weighted by molar-refractivity contribution is 5.79.